The summed E-state index contributed by atoms with van der Waals surface area (Å²) in [7, 11) is 0. The summed E-state index contributed by atoms with van der Waals surface area (Å²) in [5.74, 6) is -0.367. The first-order valence-corrected chi connectivity index (χ1v) is 10.3. The Labute approximate surface area is 173 Å². The van der Waals surface area contributed by atoms with Gasteiger partial charge in [0, 0.05) is 13.1 Å². The fraction of sp³-hybridized carbons (Fsp3) is 0.842. The minimum absolute atomic E-state index is 0.223. The third-order valence-electron chi connectivity index (χ3n) is 4.09. The highest BCUT2D eigenvalue weighted by Crippen LogP contribution is 2.17. The van der Waals surface area contributed by atoms with Gasteiger partial charge in [0.1, 0.15) is 11.6 Å². The van der Waals surface area contributed by atoms with Crippen molar-refractivity contribution in [2.75, 3.05) is 32.8 Å². The molecule has 1 aliphatic rings. The molecule has 0 spiro atoms. The van der Waals surface area contributed by atoms with Gasteiger partial charge >= 0.3 is 12.1 Å². The van der Waals surface area contributed by atoms with Crippen molar-refractivity contribution < 1.29 is 28.8 Å². The van der Waals surface area contributed by atoms with Gasteiger partial charge in [0.05, 0.1) is 19.8 Å². The van der Waals surface area contributed by atoms with Gasteiger partial charge < -0.3 is 15.0 Å². The van der Waals surface area contributed by atoms with Crippen LogP contribution in [0.25, 0.3) is 0 Å². The van der Waals surface area contributed by atoms with Crippen LogP contribution in [0.1, 0.15) is 60.3 Å². The lowest BCUT2D eigenvalue weighted by molar-refractivity contribution is -0.156. The minimum atomic E-state index is -0.599. The van der Waals surface area contributed by atoms with Crippen LogP contribution in [-0.2, 0) is 19.2 Å². The lowest BCUT2D eigenvalue weighted by atomic mass is 10.1. The van der Waals surface area contributed by atoms with Crippen molar-refractivity contribution in [1.82, 2.24) is 20.8 Å². The molecule has 0 aromatic heterocycles. The molecular weight excluding hydrogens is 380 g/mol. The lowest BCUT2D eigenvalue weighted by Gasteiger charge is -2.39. The Morgan fingerprint density at radius 2 is 1.90 bits per heavy atom. The zero-order valence-electron chi connectivity index (χ0n) is 18.3. The second kappa shape index (κ2) is 12.5. The number of urea groups is 1. The van der Waals surface area contributed by atoms with E-state index in [1.54, 1.807) is 20.8 Å². The van der Waals surface area contributed by atoms with Crippen LogP contribution in [-0.4, -0.2) is 72.5 Å². The summed E-state index contributed by atoms with van der Waals surface area (Å²) >= 11 is 0. The fourth-order valence-corrected chi connectivity index (χ4v) is 2.67. The fourth-order valence-electron chi connectivity index (χ4n) is 2.67. The number of likely N-dealkylation sites (N-methyl/N-ethyl adjacent to an activating group) is 1. The first-order valence-electron chi connectivity index (χ1n) is 10.3. The number of ether oxygens (including phenoxy) is 1. The largest absolute Gasteiger partial charge is 0.444 e. The molecule has 0 radical (unpaired) electrons. The van der Waals surface area contributed by atoms with E-state index >= 15 is 0 Å². The lowest BCUT2D eigenvalue weighted by Crippen LogP contribution is -2.58. The van der Waals surface area contributed by atoms with Crippen molar-refractivity contribution in [3.8, 4) is 0 Å². The van der Waals surface area contributed by atoms with Gasteiger partial charge in [-0.05, 0) is 47.0 Å². The van der Waals surface area contributed by atoms with E-state index in [2.05, 4.69) is 10.8 Å². The van der Waals surface area contributed by atoms with Crippen LogP contribution in [0.4, 0.5) is 9.59 Å². The van der Waals surface area contributed by atoms with Gasteiger partial charge in [-0.1, -0.05) is 13.3 Å². The Bertz CT molecular complexity index is 537. The zero-order chi connectivity index (χ0) is 21.9. The Hall–Kier alpha value is -2.07. The summed E-state index contributed by atoms with van der Waals surface area (Å²) in [5, 5.41) is 3.94. The number of amides is 4. The first kappa shape index (κ1) is 25.0. The maximum Gasteiger partial charge on any atom is 0.407 e. The third kappa shape index (κ3) is 9.31. The summed E-state index contributed by atoms with van der Waals surface area (Å²) in [5.41, 5.74) is 1.85. The number of carbonyl (C=O) groups is 3. The molecule has 29 heavy (non-hydrogen) atoms. The molecule has 1 rings (SSSR count). The van der Waals surface area contributed by atoms with Crippen LogP contribution < -0.4 is 10.8 Å². The van der Waals surface area contributed by atoms with Gasteiger partial charge in [-0.15, -0.1) is 0 Å². The van der Waals surface area contributed by atoms with Crippen LogP contribution >= 0.6 is 0 Å². The Morgan fingerprint density at radius 1 is 1.17 bits per heavy atom. The van der Waals surface area contributed by atoms with Crippen molar-refractivity contribution in [3.05, 3.63) is 0 Å². The van der Waals surface area contributed by atoms with E-state index in [0.717, 1.165) is 12.8 Å². The van der Waals surface area contributed by atoms with E-state index in [4.69, 9.17) is 14.4 Å². The van der Waals surface area contributed by atoms with Crippen LogP contribution in [0.2, 0.25) is 0 Å². The molecule has 0 unspecified atom stereocenters. The molecule has 0 bridgehead atoms. The van der Waals surface area contributed by atoms with E-state index < -0.39 is 17.7 Å². The second-order valence-corrected chi connectivity index (χ2v) is 7.76. The molecule has 168 valence electrons. The summed E-state index contributed by atoms with van der Waals surface area (Å²) < 4.78 is 5.12. The summed E-state index contributed by atoms with van der Waals surface area (Å²) in [6.45, 7) is 11.0. The van der Waals surface area contributed by atoms with Gasteiger partial charge in [-0.2, -0.15) is 0 Å². The number of unbranched alkanes of at least 4 members (excludes halogenated alkanes) is 1. The molecule has 1 heterocycles. The highest BCUT2D eigenvalue weighted by atomic mass is 16.7. The number of nitrogens with zero attached hydrogens (tertiary/aromatic N) is 2. The van der Waals surface area contributed by atoms with Crippen LogP contribution in [0.5, 0.6) is 0 Å². The maximum absolute atomic E-state index is 12.5. The van der Waals surface area contributed by atoms with Crippen LogP contribution in [0.15, 0.2) is 0 Å². The quantitative estimate of drug-likeness (QED) is 0.395. The smallest absolute Gasteiger partial charge is 0.407 e. The van der Waals surface area contributed by atoms with Gasteiger partial charge in [0.15, 0.2) is 0 Å². The summed E-state index contributed by atoms with van der Waals surface area (Å²) in [4.78, 5) is 48.6. The number of carbonyl (C=O) groups excluding carboxylic acids is 3. The van der Waals surface area contributed by atoms with Crippen molar-refractivity contribution in [3.63, 3.8) is 0 Å². The highest BCUT2D eigenvalue weighted by Gasteiger charge is 2.37. The SMILES string of the molecule is CCCCON1CC[C@@H](C(=O)NOCCCNC(=O)OC(C)(C)C)N(CC)C1=O. The molecule has 0 aliphatic carbocycles. The number of hydrogen-bond acceptors (Lipinski definition) is 6. The summed E-state index contributed by atoms with van der Waals surface area (Å²) in [6, 6.07) is -0.907. The monoisotopic (exact) mass is 416 g/mol. The minimum Gasteiger partial charge on any atom is -0.444 e. The Kier molecular flexibility index (Phi) is 10.7. The number of hydrogen-bond donors (Lipinski definition) is 2. The number of nitrogens with one attached hydrogen (secondary N) is 2. The molecular formula is C19H36N4O6. The van der Waals surface area contributed by atoms with Crippen molar-refractivity contribution in [2.45, 2.75) is 71.9 Å². The van der Waals surface area contributed by atoms with E-state index in [1.165, 1.54) is 9.96 Å². The molecule has 10 nitrogen and oxygen atoms in total. The maximum atomic E-state index is 12.5. The molecule has 0 aromatic rings. The highest BCUT2D eigenvalue weighted by molar-refractivity contribution is 5.87. The molecule has 0 saturated carbocycles. The number of hydroxylamine groups is 3. The van der Waals surface area contributed by atoms with E-state index in [-0.39, 0.29) is 18.5 Å². The van der Waals surface area contributed by atoms with Gasteiger partial charge in [0.25, 0.3) is 5.91 Å². The van der Waals surface area contributed by atoms with E-state index in [1.807, 2.05) is 13.8 Å². The molecule has 1 atom stereocenters. The summed E-state index contributed by atoms with van der Waals surface area (Å²) in [6.07, 6.45) is 2.32. The van der Waals surface area contributed by atoms with Gasteiger partial charge in [-0.25, -0.2) is 20.1 Å². The zero-order valence-corrected chi connectivity index (χ0v) is 18.3. The van der Waals surface area contributed by atoms with Crippen molar-refractivity contribution in [1.29, 1.82) is 0 Å². The number of rotatable bonds is 11. The standard InChI is InChI=1S/C19H36N4O6/c1-6-8-14-28-23-12-10-15(22(7-2)18(23)26)16(24)21-27-13-9-11-20-17(25)29-19(3,4)5/h15H,6-14H2,1-5H3,(H,20,25)(H,21,24)/t15-/m0/s1. The predicted octanol–water partition coefficient (Wildman–Crippen LogP) is 2.20. The molecule has 2 N–H and O–H groups in total. The van der Waals surface area contributed by atoms with Crippen molar-refractivity contribution in [2.24, 2.45) is 0 Å². The molecule has 10 heteroatoms. The van der Waals surface area contributed by atoms with Crippen LogP contribution in [0, 0.1) is 0 Å². The predicted molar refractivity (Wildman–Crippen MR) is 107 cm³/mol. The Balaban J connectivity index is 2.30. The van der Waals surface area contributed by atoms with E-state index in [9.17, 15) is 14.4 Å². The molecule has 1 fully saturated rings. The van der Waals surface area contributed by atoms with Crippen molar-refractivity contribution >= 4 is 18.0 Å². The molecule has 0 aromatic carbocycles. The number of alkyl carbamates (subject to hydrolysis) is 1. The topological polar surface area (TPSA) is 109 Å². The third-order valence-corrected chi connectivity index (χ3v) is 4.09. The second-order valence-electron chi connectivity index (χ2n) is 7.76. The van der Waals surface area contributed by atoms with Gasteiger partial charge in [0.2, 0.25) is 0 Å². The molecule has 4 amide bonds. The Morgan fingerprint density at radius 3 is 2.52 bits per heavy atom. The van der Waals surface area contributed by atoms with Crippen LogP contribution in [0.3, 0.4) is 0 Å². The average Bonchev–Trinajstić information content (AvgIpc) is 2.64. The first-order chi connectivity index (χ1) is 13.7. The average molecular weight is 417 g/mol. The normalized spacial score (nSPS) is 17.3. The molecule has 1 aliphatic heterocycles. The van der Waals surface area contributed by atoms with E-state index in [0.29, 0.717) is 39.1 Å². The molecule has 1 saturated heterocycles. The van der Waals surface area contributed by atoms with Gasteiger partial charge in [-0.3, -0.25) is 14.5 Å².